The third-order valence-corrected chi connectivity index (χ3v) is 2.53. The topological polar surface area (TPSA) is 50.2 Å². The molecule has 0 fully saturated rings. The number of alkyl halides is 5. The normalized spacial score (nSPS) is 11.9. The van der Waals surface area contributed by atoms with Crippen molar-refractivity contribution in [3.8, 4) is 0 Å². The van der Waals surface area contributed by atoms with E-state index in [0.717, 1.165) is 0 Å². The van der Waals surface area contributed by atoms with Crippen LogP contribution in [-0.4, -0.2) is 16.1 Å². The second kappa shape index (κ2) is 5.17. The van der Waals surface area contributed by atoms with E-state index in [2.05, 4.69) is 20.9 Å². The molecule has 0 aliphatic carbocycles. The van der Waals surface area contributed by atoms with E-state index in [-0.39, 0.29) is 4.47 Å². The SMILES string of the molecule is O=C(O)Cc1cc(Br)c(C(F)F)nc1C(F)(F)F. The predicted octanol–water partition coefficient (Wildman–Crippen LogP) is 3.43. The van der Waals surface area contributed by atoms with Crippen LogP contribution in [0, 0.1) is 0 Å². The van der Waals surface area contributed by atoms with Crippen molar-refractivity contribution in [2.45, 2.75) is 19.0 Å². The van der Waals surface area contributed by atoms with Crippen molar-refractivity contribution in [3.05, 3.63) is 27.5 Å². The standard InChI is InChI=1S/C9H5BrF5NO2/c10-4-1-3(2-5(17)18)7(9(13,14)15)16-6(4)8(11)12/h1,8H,2H2,(H,17,18). The summed E-state index contributed by atoms with van der Waals surface area (Å²) in [6, 6.07) is 0.700. The van der Waals surface area contributed by atoms with E-state index < -0.39 is 41.9 Å². The van der Waals surface area contributed by atoms with E-state index >= 15 is 0 Å². The Labute approximate surface area is 106 Å². The number of carboxylic acid groups (broad SMARTS) is 1. The fourth-order valence-corrected chi connectivity index (χ4v) is 1.78. The van der Waals surface area contributed by atoms with Crippen LogP contribution in [0.2, 0.25) is 0 Å². The van der Waals surface area contributed by atoms with Gasteiger partial charge in [-0.1, -0.05) is 0 Å². The molecule has 1 N–H and O–H groups in total. The predicted molar refractivity (Wildman–Crippen MR) is 53.2 cm³/mol. The van der Waals surface area contributed by atoms with Gasteiger partial charge in [0.2, 0.25) is 0 Å². The maximum atomic E-state index is 12.6. The van der Waals surface area contributed by atoms with E-state index in [1.54, 1.807) is 0 Å². The molecular formula is C9H5BrF5NO2. The van der Waals surface area contributed by atoms with Gasteiger partial charge >= 0.3 is 12.1 Å². The molecule has 0 aliphatic heterocycles. The highest BCUT2D eigenvalue weighted by Gasteiger charge is 2.37. The smallest absolute Gasteiger partial charge is 0.433 e. The minimum absolute atomic E-state index is 0.359. The van der Waals surface area contributed by atoms with Crippen molar-refractivity contribution < 1.29 is 31.9 Å². The first-order valence-electron chi connectivity index (χ1n) is 4.39. The number of hydrogen-bond acceptors (Lipinski definition) is 2. The fourth-order valence-electron chi connectivity index (χ4n) is 1.24. The Balaban J connectivity index is 3.42. The van der Waals surface area contributed by atoms with Gasteiger partial charge in [-0.25, -0.2) is 13.8 Å². The van der Waals surface area contributed by atoms with Gasteiger partial charge in [-0.05, 0) is 27.6 Å². The van der Waals surface area contributed by atoms with Crippen LogP contribution < -0.4 is 0 Å². The summed E-state index contributed by atoms with van der Waals surface area (Å²) in [4.78, 5) is 13.2. The maximum absolute atomic E-state index is 12.6. The Morgan fingerprint density at radius 3 is 2.39 bits per heavy atom. The molecule has 1 rings (SSSR count). The molecule has 0 bridgehead atoms. The summed E-state index contributed by atoms with van der Waals surface area (Å²) in [7, 11) is 0. The zero-order valence-corrected chi connectivity index (χ0v) is 10.0. The number of carbonyl (C=O) groups is 1. The molecule has 1 aromatic rings. The van der Waals surface area contributed by atoms with Gasteiger partial charge in [0.1, 0.15) is 11.4 Å². The van der Waals surface area contributed by atoms with Crippen molar-refractivity contribution in [3.63, 3.8) is 0 Å². The first-order valence-corrected chi connectivity index (χ1v) is 5.18. The quantitative estimate of drug-likeness (QED) is 0.862. The van der Waals surface area contributed by atoms with Gasteiger partial charge in [0.05, 0.1) is 6.42 Å². The van der Waals surface area contributed by atoms with E-state index in [9.17, 15) is 26.7 Å². The Morgan fingerprint density at radius 2 is 2.00 bits per heavy atom. The number of pyridine rings is 1. The lowest BCUT2D eigenvalue weighted by Crippen LogP contribution is -2.16. The van der Waals surface area contributed by atoms with E-state index in [4.69, 9.17) is 5.11 Å². The molecule has 0 atom stereocenters. The Morgan fingerprint density at radius 1 is 1.44 bits per heavy atom. The molecule has 1 aromatic heterocycles. The summed E-state index contributed by atoms with van der Waals surface area (Å²) in [5, 5.41) is 8.47. The number of rotatable bonds is 3. The molecule has 0 aromatic carbocycles. The van der Waals surface area contributed by atoms with Crippen LogP contribution in [0.5, 0.6) is 0 Å². The molecule has 0 saturated heterocycles. The number of halogens is 6. The molecule has 0 radical (unpaired) electrons. The van der Waals surface area contributed by atoms with Crippen LogP contribution in [0.4, 0.5) is 22.0 Å². The molecule has 0 unspecified atom stereocenters. The molecular weight excluding hydrogens is 329 g/mol. The van der Waals surface area contributed by atoms with Crippen LogP contribution in [-0.2, 0) is 17.4 Å². The van der Waals surface area contributed by atoms with Gasteiger partial charge in [0.15, 0.2) is 0 Å². The summed E-state index contributed by atoms with van der Waals surface area (Å²) >= 11 is 2.64. The zero-order valence-electron chi connectivity index (χ0n) is 8.43. The van der Waals surface area contributed by atoms with Crippen molar-refractivity contribution in [1.82, 2.24) is 4.98 Å². The van der Waals surface area contributed by atoms with Gasteiger partial charge in [-0.15, -0.1) is 0 Å². The third kappa shape index (κ3) is 3.37. The van der Waals surface area contributed by atoms with Crippen molar-refractivity contribution in [2.75, 3.05) is 0 Å². The molecule has 0 saturated carbocycles. The highest BCUT2D eigenvalue weighted by molar-refractivity contribution is 9.10. The number of nitrogens with zero attached hydrogens (tertiary/aromatic N) is 1. The lowest BCUT2D eigenvalue weighted by Gasteiger charge is -2.13. The van der Waals surface area contributed by atoms with E-state index in [1.807, 2.05) is 0 Å². The molecule has 0 aliphatic rings. The van der Waals surface area contributed by atoms with Gasteiger partial charge in [-0.3, -0.25) is 4.79 Å². The Bertz CT molecular complexity index is 475. The highest BCUT2D eigenvalue weighted by Crippen LogP contribution is 2.35. The molecule has 3 nitrogen and oxygen atoms in total. The van der Waals surface area contributed by atoms with Crippen LogP contribution >= 0.6 is 15.9 Å². The fraction of sp³-hybridized carbons (Fsp3) is 0.333. The minimum Gasteiger partial charge on any atom is -0.481 e. The average Bonchev–Trinajstić information content (AvgIpc) is 2.13. The molecule has 1 heterocycles. The Kier molecular flexibility index (Phi) is 4.25. The number of hydrogen-bond donors (Lipinski definition) is 1. The molecule has 0 spiro atoms. The van der Waals surface area contributed by atoms with Crippen LogP contribution in [0.3, 0.4) is 0 Å². The molecule has 9 heteroatoms. The van der Waals surface area contributed by atoms with Crippen molar-refractivity contribution >= 4 is 21.9 Å². The second-order valence-corrected chi connectivity index (χ2v) is 4.09. The minimum atomic E-state index is -4.99. The Hall–Kier alpha value is -1.25. The monoisotopic (exact) mass is 333 g/mol. The van der Waals surface area contributed by atoms with Crippen LogP contribution in [0.15, 0.2) is 10.5 Å². The van der Waals surface area contributed by atoms with Gasteiger partial charge in [0.25, 0.3) is 6.43 Å². The third-order valence-electron chi connectivity index (χ3n) is 1.90. The second-order valence-electron chi connectivity index (χ2n) is 3.23. The lowest BCUT2D eigenvalue weighted by molar-refractivity contribution is -0.142. The summed E-state index contributed by atoms with van der Waals surface area (Å²) < 4.78 is 62.1. The van der Waals surface area contributed by atoms with E-state index in [0.29, 0.717) is 6.07 Å². The number of carboxylic acids is 1. The molecule has 0 amide bonds. The number of aromatic nitrogens is 1. The zero-order chi connectivity index (χ0) is 14.1. The van der Waals surface area contributed by atoms with E-state index in [1.165, 1.54) is 0 Å². The summed E-state index contributed by atoms with van der Waals surface area (Å²) in [6.07, 6.45) is -9.14. The average molecular weight is 334 g/mol. The summed E-state index contributed by atoms with van der Waals surface area (Å²) in [5.74, 6) is -1.51. The van der Waals surface area contributed by atoms with Crippen LogP contribution in [0.1, 0.15) is 23.4 Å². The molecule has 100 valence electrons. The van der Waals surface area contributed by atoms with Crippen molar-refractivity contribution in [1.29, 1.82) is 0 Å². The van der Waals surface area contributed by atoms with Gasteiger partial charge in [-0.2, -0.15) is 13.2 Å². The maximum Gasteiger partial charge on any atom is 0.433 e. The summed E-state index contributed by atoms with van der Waals surface area (Å²) in [6.45, 7) is 0. The summed E-state index contributed by atoms with van der Waals surface area (Å²) in [5.41, 5.74) is -3.36. The first kappa shape index (κ1) is 14.8. The van der Waals surface area contributed by atoms with Crippen LogP contribution in [0.25, 0.3) is 0 Å². The van der Waals surface area contributed by atoms with Gasteiger partial charge < -0.3 is 5.11 Å². The van der Waals surface area contributed by atoms with Crippen molar-refractivity contribution in [2.24, 2.45) is 0 Å². The van der Waals surface area contributed by atoms with Gasteiger partial charge in [0, 0.05) is 4.47 Å². The number of aliphatic carboxylic acids is 1. The largest absolute Gasteiger partial charge is 0.481 e. The molecule has 18 heavy (non-hydrogen) atoms. The first-order chi connectivity index (χ1) is 8.12. The lowest BCUT2D eigenvalue weighted by atomic mass is 10.1. The highest BCUT2D eigenvalue weighted by atomic mass is 79.9.